The largest absolute Gasteiger partial charge is 0.497 e. The molecule has 160 valence electrons. The fraction of sp³-hybridized carbons (Fsp3) is 0.400. The molecule has 0 radical (unpaired) electrons. The number of nitrogens with one attached hydrogen (secondary N) is 2. The van der Waals surface area contributed by atoms with E-state index in [1.165, 1.54) is 31.4 Å². The summed E-state index contributed by atoms with van der Waals surface area (Å²) in [4.78, 5) is 0.0274. The van der Waals surface area contributed by atoms with Crippen LogP contribution in [0, 0.1) is 0 Å². The molecule has 1 aromatic carbocycles. The van der Waals surface area contributed by atoms with E-state index in [0.29, 0.717) is 11.3 Å². The third kappa shape index (κ3) is 7.11. The van der Waals surface area contributed by atoms with Gasteiger partial charge in [0.25, 0.3) is 0 Å². The highest BCUT2D eigenvalue weighted by Gasteiger charge is 2.22. The maximum Gasteiger partial charge on any atom is 0.240 e. The first-order chi connectivity index (χ1) is 13.6. The molecule has 29 heavy (non-hydrogen) atoms. The van der Waals surface area contributed by atoms with E-state index < -0.39 is 20.0 Å². The van der Waals surface area contributed by atoms with Crippen molar-refractivity contribution in [1.29, 1.82) is 0 Å². The number of methoxy groups -OCH3 is 1. The van der Waals surface area contributed by atoms with Crippen LogP contribution in [-0.2, 0) is 24.8 Å². The summed E-state index contributed by atoms with van der Waals surface area (Å²) in [5, 5.41) is 0. The first-order valence-electron chi connectivity index (χ1n) is 9.35. The molecule has 0 bridgehead atoms. The Morgan fingerprint density at radius 2 is 1.55 bits per heavy atom. The van der Waals surface area contributed by atoms with Crippen molar-refractivity contribution in [2.75, 3.05) is 13.7 Å². The fourth-order valence-corrected chi connectivity index (χ4v) is 5.26. The molecule has 0 aliphatic heterocycles. The molecule has 0 amide bonds. The van der Waals surface area contributed by atoms with Crippen LogP contribution in [0.4, 0.5) is 0 Å². The summed E-state index contributed by atoms with van der Waals surface area (Å²) in [5.74, 6) is 0.424. The van der Waals surface area contributed by atoms with Gasteiger partial charge in [-0.15, -0.1) is 0 Å². The van der Waals surface area contributed by atoms with Crippen LogP contribution in [0.2, 0.25) is 0 Å². The zero-order valence-corrected chi connectivity index (χ0v) is 18.2. The van der Waals surface area contributed by atoms with Gasteiger partial charge >= 0.3 is 0 Å². The predicted molar refractivity (Wildman–Crippen MR) is 113 cm³/mol. The van der Waals surface area contributed by atoms with Crippen molar-refractivity contribution in [2.24, 2.45) is 0 Å². The average Bonchev–Trinajstić information content (AvgIpc) is 2.71. The molecule has 2 rings (SSSR count). The first kappa shape index (κ1) is 23.3. The Balaban J connectivity index is 2.01. The van der Waals surface area contributed by atoms with Crippen LogP contribution in [0.1, 0.15) is 32.1 Å². The van der Waals surface area contributed by atoms with Crippen molar-refractivity contribution in [3.05, 3.63) is 60.9 Å². The average molecular weight is 441 g/mol. The predicted octanol–water partition coefficient (Wildman–Crippen LogP) is 2.85. The van der Waals surface area contributed by atoms with Gasteiger partial charge in [-0.3, -0.25) is 0 Å². The lowest BCUT2D eigenvalue weighted by atomic mass is 9.96. The second-order valence-corrected chi connectivity index (χ2v) is 10.4. The zero-order chi connectivity index (χ0) is 21.5. The normalized spacial score (nSPS) is 16.0. The third-order valence-corrected chi connectivity index (χ3v) is 7.58. The molecule has 0 unspecified atom stereocenters. The molecule has 1 aliphatic carbocycles. The Bertz CT molecular complexity index is 959. The Labute approximate surface area is 173 Å². The molecule has 0 saturated heterocycles. The second kappa shape index (κ2) is 10.2. The highest BCUT2D eigenvalue weighted by atomic mass is 32.2. The van der Waals surface area contributed by atoms with Gasteiger partial charge in [-0.2, -0.15) is 0 Å². The third-order valence-electron chi connectivity index (χ3n) is 4.63. The lowest BCUT2D eigenvalue weighted by Gasteiger charge is -2.22. The maximum absolute atomic E-state index is 12.5. The Morgan fingerprint density at radius 3 is 2.10 bits per heavy atom. The van der Waals surface area contributed by atoms with Crippen molar-refractivity contribution in [3.63, 3.8) is 0 Å². The number of rotatable bonds is 10. The Hall–Kier alpha value is -1.94. The molecule has 0 aromatic heterocycles. The maximum atomic E-state index is 12.5. The lowest BCUT2D eigenvalue weighted by molar-refractivity contribution is 0.309. The smallest absolute Gasteiger partial charge is 0.240 e. The van der Waals surface area contributed by atoms with Gasteiger partial charge in [0.05, 0.1) is 16.9 Å². The van der Waals surface area contributed by atoms with Crippen LogP contribution in [-0.4, -0.2) is 36.5 Å². The summed E-state index contributed by atoms with van der Waals surface area (Å²) in [6.45, 7) is 7.38. The minimum absolute atomic E-state index is 0.000880. The lowest BCUT2D eigenvalue weighted by Crippen LogP contribution is -2.36. The van der Waals surface area contributed by atoms with Crippen LogP contribution >= 0.6 is 0 Å². The zero-order valence-electron chi connectivity index (χ0n) is 16.6. The van der Waals surface area contributed by atoms with E-state index in [1.807, 2.05) is 0 Å². The van der Waals surface area contributed by atoms with Crippen molar-refractivity contribution < 1.29 is 21.6 Å². The van der Waals surface area contributed by atoms with E-state index in [2.05, 4.69) is 22.6 Å². The SMILES string of the molecule is C=C(/C=C\C(=C)OC)CNS(=O)(=O)c1ccc(S(=O)(=O)NC2CCCCC2)cc1. The van der Waals surface area contributed by atoms with Gasteiger partial charge < -0.3 is 4.74 Å². The summed E-state index contributed by atoms with van der Waals surface area (Å²) < 4.78 is 59.9. The highest BCUT2D eigenvalue weighted by molar-refractivity contribution is 7.90. The van der Waals surface area contributed by atoms with Crippen LogP contribution in [0.15, 0.2) is 70.7 Å². The summed E-state index contributed by atoms with van der Waals surface area (Å²) in [5.41, 5.74) is 0.516. The summed E-state index contributed by atoms with van der Waals surface area (Å²) in [6, 6.07) is 5.10. The van der Waals surface area contributed by atoms with Crippen LogP contribution < -0.4 is 9.44 Å². The van der Waals surface area contributed by atoms with Crippen molar-refractivity contribution >= 4 is 20.0 Å². The van der Waals surface area contributed by atoms with E-state index in [4.69, 9.17) is 4.74 Å². The molecule has 1 fully saturated rings. The van der Waals surface area contributed by atoms with Gasteiger partial charge in [-0.25, -0.2) is 26.3 Å². The molecule has 1 aliphatic rings. The van der Waals surface area contributed by atoms with E-state index in [9.17, 15) is 16.8 Å². The second-order valence-electron chi connectivity index (χ2n) is 6.91. The van der Waals surface area contributed by atoms with Gasteiger partial charge in [0, 0.05) is 12.6 Å². The van der Waals surface area contributed by atoms with Crippen molar-refractivity contribution in [2.45, 2.75) is 47.9 Å². The molecule has 0 heterocycles. The van der Waals surface area contributed by atoms with E-state index in [-0.39, 0.29) is 22.4 Å². The fourth-order valence-electron chi connectivity index (χ4n) is 2.91. The van der Waals surface area contributed by atoms with Crippen LogP contribution in [0.25, 0.3) is 0 Å². The molecule has 2 N–H and O–H groups in total. The Kier molecular flexibility index (Phi) is 8.21. The first-order valence-corrected chi connectivity index (χ1v) is 12.3. The topological polar surface area (TPSA) is 102 Å². The molecular weight excluding hydrogens is 412 g/mol. The van der Waals surface area contributed by atoms with E-state index in [0.717, 1.165) is 32.1 Å². The Morgan fingerprint density at radius 1 is 1.00 bits per heavy atom. The van der Waals surface area contributed by atoms with Gasteiger partial charge in [0.1, 0.15) is 5.76 Å². The summed E-state index contributed by atoms with van der Waals surface area (Å²) >= 11 is 0. The number of hydrogen-bond donors (Lipinski definition) is 2. The quantitative estimate of drug-likeness (QED) is 0.430. The molecule has 1 saturated carbocycles. The minimum atomic E-state index is -3.80. The van der Waals surface area contributed by atoms with Crippen molar-refractivity contribution in [3.8, 4) is 0 Å². The van der Waals surface area contributed by atoms with Gasteiger partial charge in [0.15, 0.2) is 0 Å². The van der Waals surface area contributed by atoms with E-state index >= 15 is 0 Å². The van der Waals surface area contributed by atoms with Gasteiger partial charge in [0.2, 0.25) is 20.0 Å². The number of hydrogen-bond acceptors (Lipinski definition) is 5. The molecule has 0 atom stereocenters. The standard InChI is InChI=1S/C20H28N2O5S2/c1-16(9-10-17(2)27-3)15-21-28(23,24)19-11-13-20(14-12-19)29(25,26)22-18-7-5-4-6-8-18/h9-14,18,21-22H,1-2,4-8,15H2,3H3/b10-9-. The summed E-state index contributed by atoms with van der Waals surface area (Å²) in [6.07, 6.45) is 7.97. The minimum Gasteiger partial charge on any atom is -0.497 e. The van der Waals surface area contributed by atoms with Crippen LogP contribution in [0.5, 0.6) is 0 Å². The highest BCUT2D eigenvalue weighted by Crippen LogP contribution is 2.21. The number of ether oxygens (including phenoxy) is 1. The molecular formula is C20H28N2O5S2. The summed E-state index contributed by atoms with van der Waals surface area (Å²) in [7, 11) is -6.00. The van der Waals surface area contributed by atoms with Gasteiger partial charge in [-0.05, 0) is 48.8 Å². The van der Waals surface area contributed by atoms with Crippen molar-refractivity contribution in [1.82, 2.24) is 9.44 Å². The number of allylic oxidation sites excluding steroid dienone is 1. The molecule has 0 spiro atoms. The molecule has 1 aromatic rings. The van der Waals surface area contributed by atoms with Crippen LogP contribution in [0.3, 0.4) is 0 Å². The monoisotopic (exact) mass is 440 g/mol. The molecule has 7 nitrogen and oxygen atoms in total. The van der Waals surface area contributed by atoms with E-state index in [1.54, 1.807) is 12.2 Å². The molecule has 9 heteroatoms. The number of benzene rings is 1. The number of sulfonamides is 2. The van der Waals surface area contributed by atoms with Gasteiger partial charge in [-0.1, -0.05) is 38.5 Å².